The van der Waals surface area contributed by atoms with E-state index in [9.17, 15) is 10.1 Å². The summed E-state index contributed by atoms with van der Waals surface area (Å²) in [7, 11) is 0. The average molecular weight is 426 g/mol. The van der Waals surface area contributed by atoms with Crippen LogP contribution in [0, 0.1) is 11.3 Å². The number of hydrogen-bond donors (Lipinski definition) is 0. The van der Waals surface area contributed by atoms with Crippen LogP contribution in [0.2, 0.25) is 0 Å². The molecule has 0 aliphatic carbocycles. The quantitative estimate of drug-likeness (QED) is 0.747. The van der Waals surface area contributed by atoms with Gasteiger partial charge in [-0.2, -0.15) is 5.26 Å². The largest absolute Gasteiger partial charge is 0.360 e. The highest BCUT2D eigenvalue weighted by molar-refractivity contribution is 5.97. The summed E-state index contributed by atoms with van der Waals surface area (Å²) in [6, 6.07) is 20.0. The summed E-state index contributed by atoms with van der Waals surface area (Å²) in [5.74, 6) is -0.0304. The molecule has 0 bridgehead atoms. The van der Waals surface area contributed by atoms with Crippen molar-refractivity contribution in [1.29, 1.82) is 5.26 Å². The summed E-state index contributed by atoms with van der Waals surface area (Å²) in [4.78, 5) is 17.1. The number of carbonyl (C=O) groups excluding carboxylic acids is 1. The van der Waals surface area contributed by atoms with Crippen molar-refractivity contribution < 1.29 is 9.53 Å². The minimum Gasteiger partial charge on any atom is -0.360 e. The van der Waals surface area contributed by atoms with Crippen LogP contribution >= 0.6 is 12.4 Å². The molecule has 0 N–H and O–H groups in total. The lowest BCUT2D eigenvalue weighted by atomic mass is 9.88. The van der Waals surface area contributed by atoms with E-state index in [0.29, 0.717) is 12.1 Å². The van der Waals surface area contributed by atoms with Crippen molar-refractivity contribution in [2.45, 2.75) is 37.9 Å². The lowest BCUT2D eigenvalue weighted by Crippen LogP contribution is -2.61. The first-order valence-electron chi connectivity index (χ1n) is 10.3. The van der Waals surface area contributed by atoms with Crippen LogP contribution in [-0.2, 0) is 16.0 Å². The van der Waals surface area contributed by atoms with Crippen LogP contribution in [0.3, 0.4) is 0 Å². The van der Waals surface area contributed by atoms with Crippen molar-refractivity contribution in [3.63, 3.8) is 0 Å². The van der Waals surface area contributed by atoms with E-state index in [1.54, 1.807) is 12.1 Å². The van der Waals surface area contributed by atoms with Crippen LogP contribution in [0.15, 0.2) is 54.6 Å². The van der Waals surface area contributed by atoms with E-state index >= 15 is 0 Å². The Balaban J connectivity index is 0.00000256. The summed E-state index contributed by atoms with van der Waals surface area (Å²) in [5, 5.41) is 9.20. The number of likely N-dealkylation sites (tertiary alicyclic amines) is 1. The highest BCUT2D eigenvalue weighted by Gasteiger charge is 2.45. The molecular weight excluding hydrogens is 398 g/mol. The zero-order valence-corrected chi connectivity index (χ0v) is 18.1. The number of anilines is 1. The molecule has 2 saturated heterocycles. The molecule has 0 aromatic heterocycles. The molecule has 5 nitrogen and oxygen atoms in total. The third kappa shape index (κ3) is 4.84. The Hall–Kier alpha value is -2.39. The molecule has 30 heavy (non-hydrogen) atoms. The van der Waals surface area contributed by atoms with Gasteiger partial charge in [0, 0.05) is 25.3 Å². The van der Waals surface area contributed by atoms with Gasteiger partial charge in [0.2, 0.25) is 0 Å². The Morgan fingerprint density at radius 2 is 1.87 bits per heavy atom. The van der Waals surface area contributed by atoms with E-state index in [1.165, 1.54) is 5.56 Å². The second-order valence-electron chi connectivity index (χ2n) is 8.11. The average Bonchev–Trinajstić information content (AvgIpc) is 2.77. The second kappa shape index (κ2) is 9.61. The zero-order valence-electron chi connectivity index (χ0n) is 17.3. The molecule has 158 valence electrons. The zero-order chi connectivity index (χ0) is 20.3. The number of carbonyl (C=O) groups is 1. The summed E-state index contributed by atoms with van der Waals surface area (Å²) in [6.45, 7) is 5.38. The molecule has 2 aliphatic heterocycles. The van der Waals surface area contributed by atoms with Gasteiger partial charge >= 0.3 is 0 Å². The first-order valence-corrected chi connectivity index (χ1v) is 10.3. The summed E-state index contributed by atoms with van der Waals surface area (Å²) >= 11 is 0. The predicted molar refractivity (Wildman–Crippen MR) is 120 cm³/mol. The lowest BCUT2D eigenvalue weighted by Gasteiger charge is -2.49. The molecule has 0 saturated carbocycles. The van der Waals surface area contributed by atoms with Crippen LogP contribution in [0.4, 0.5) is 5.69 Å². The van der Waals surface area contributed by atoms with Crippen LogP contribution in [0.5, 0.6) is 0 Å². The molecule has 1 unspecified atom stereocenters. The monoisotopic (exact) mass is 425 g/mol. The van der Waals surface area contributed by atoms with Crippen molar-refractivity contribution >= 4 is 24.0 Å². The number of rotatable bonds is 4. The molecular formula is C24H28ClN3O2. The molecule has 2 fully saturated rings. The van der Waals surface area contributed by atoms with Crippen LogP contribution in [0.25, 0.3) is 0 Å². The van der Waals surface area contributed by atoms with Gasteiger partial charge < -0.3 is 14.5 Å². The maximum absolute atomic E-state index is 12.8. The van der Waals surface area contributed by atoms with E-state index in [-0.39, 0.29) is 23.9 Å². The number of nitrogens with zero attached hydrogens (tertiary/aromatic N) is 3. The van der Waals surface area contributed by atoms with Crippen LogP contribution in [-0.4, -0.2) is 48.7 Å². The number of hydrogen-bond acceptors (Lipinski definition) is 4. The number of halogens is 1. The van der Waals surface area contributed by atoms with Gasteiger partial charge in [0.05, 0.1) is 23.8 Å². The van der Waals surface area contributed by atoms with Gasteiger partial charge in [-0.15, -0.1) is 12.4 Å². The molecule has 2 aromatic carbocycles. The Bertz CT molecular complexity index is 904. The Labute approximate surface area is 184 Å². The number of ether oxygens (including phenoxy) is 1. The molecule has 1 spiro atoms. The lowest BCUT2D eigenvalue weighted by molar-refractivity contribution is -0.161. The van der Waals surface area contributed by atoms with E-state index in [4.69, 9.17) is 4.74 Å². The molecule has 2 aromatic rings. The van der Waals surface area contributed by atoms with Crippen LogP contribution < -0.4 is 4.90 Å². The fraction of sp³-hybridized carbons (Fsp3) is 0.417. The van der Waals surface area contributed by atoms with E-state index in [2.05, 4.69) is 41.3 Å². The topological polar surface area (TPSA) is 56.6 Å². The van der Waals surface area contributed by atoms with Gasteiger partial charge in [-0.1, -0.05) is 36.4 Å². The Morgan fingerprint density at radius 3 is 2.57 bits per heavy atom. The van der Waals surface area contributed by atoms with Crippen molar-refractivity contribution in [2.75, 3.05) is 31.1 Å². The van der Waals surface area contributed by atoms with Crippen molar-refractivity contribution in [1.82, 2.24) is 4.90 Å². The third-order valence-corrected chi connectivity index (χ3v) is 6.10. The Kier molecular flexibility index (Phi) is 7.14. The molecule has 2 heterocycles. The molecule has 1 atom stereocenters. The standard InChI is InChI=1S/C24H27N3O2.ClH/c1-19-23(28)27(22-9-5-8-21(16-22)17-25)18-24(29-19)11-14-26(15-12-24)13-10-20-6-3-2-4-7-20;/h2-9,16,19H,10-15,18H2,1H3;1H. The molecule has 4 rings (SSSR count). The SMILES string of the molecule is CC1OC2(CCN(CCc3ccccc3)CC2)CN(c2cccc(C#N)c2)C1=O.Cl. The number of piperidine rings is 1. The first-order chi connectivity index (χ1) is 14.1. The fourth-order valence-electron chi connectivity index (χ4n) is 4.40. The molecule has 2 aliphatic rings. The second-order valence-corrected chi connectivity index (χ2v) is 8.11. The summed E-state index contributed by atoms with van der Waals surface area (Å²) in [6.07, 6.45) is 2.41. The van der Waals surface area contributed by atoms with Crippen molar-refractivity contribution in [3.05, 3.63) is 65.7 Å². The fourth-order valence-corrected chi connectivity index (χ4v) is 4.40. The van der Waals surface area contributed by atoms with Gasteiger partial charge in [0.1, 0.15) is 6.10 Å². The van der Waals surface area contributed by atoms with Gasteiger partial charge in [-0.3, -0.25) is 4.79 Å². The smallest absolute Gasteiger partial charge is 0.255 e. The van der Waals surface area contributed by atoms with E-state index in [0.717, 1.165) is 44.6 Å². The number of benzene rings is 2. The van der Waals surface area contributed by atoms with Crippen molar-refractivity contribution in [2.24, 2.45) is 0 Å². The molecule has 6 heteroatoms. The number of amides is 1. The minimum atomic E-state index is -0.467. The maximum atomic E-state index is 12.8. The number of morpholine rings is 1. The molecule has 0 radical (unpaired) electrons. The van der Waals surface area contributed by atoms with Crippen LogP contribution in [0.1, 0.15) is 30.9 Å². The van der Waals surface area contributed by atoms with Gasteiger partial charge in [0.15, 0.2) is 0 Å². The van der Waals surface area contributed by atoms with Gasteiger partial charge in [0.25, 0.3) is 5.91 Å². The van der Waals surface area contributed by atoms with Gasteiger partial charge in [-0.25, -0.2) is 0 Å². The summed E-state index contributed by atoms with van der Waals surface area (Å²) in [5.41, 5.74) is 2.41. The van der Waals surface area contributed by atoms with E-state index < -0.39 is 6.10 Å². The highest BCUT2D eigenvalue weighted by atomic mass is 35.5. The highest BCUT2D eigenvalue weighted by Crippen LogP contribution is 2.35. The van der Waals surface area contributed by atoms with E-state index in [1.807, 2.05) is 24.0 Å². The summed E-state index contributed by atoms with van der Waals surface area (Å²) < 4.78 is 6.26. The third-order valence-electron chi connectivity index (χ3n) is 6.10. The molecule has 1 amide bonds. The van der Waals surface area contributed by atoms with Crippen molar-refractivity contribution in [3.8, 4) is 6.07 Å². The maximum Gasteiger partial charge on any atom is 0.255 e. The Morgan fingerprint density at radius 1 is 1.13 bits per heavy atom. The number of nitriles is 1. The normalized spacial score (nSPS) is 21.1. The minimum absolute atomic E-state index is 0. The van der Waals surface area contributed by atoms with Gasteiger partial charge in [-0.05, 0) is 49.9 Å². The predicted octanol–water partition coefficient (Wildman–Crippen LogP) is 3.81. The first kappa shape index (κ1) is 22.3.